The number of hydrogen-bond donors (Lipinski definition) is 1. The van der Waals surface area contributed by atoms with Crippen molar-refractivity contribution < 1.29 is 14.3 Å². The summed E-state index contributed by atoms with van der Waals surface area (Å²) in [7, 11) is 0. The Hall–Kier alpha value is -1.10. The summed E-state index contributed by atoms with van der Waals surface area (Å²) < 4.78 is 4.96. The predicted octanol–water partition coefficient (Wildman–Crippen LogP) is 1.95. The fourth-order valence-corrected chi connectivity index (χ4v) is 2.14. The van der Waals surface area contributed by atoms with E-state index < -0.39 is 0 Å². The highest BCUT2D eigenvalue weighted by molar-refractivity contribution is 5.82. The number of nitrogens with zero attached hydrogens (tertiary/aromatic N) is 1. The molecule has 118 valence electrons. The van der Waals surface area contributed by atoms with Gasteiger partial charge in [-0.1, -0.05) is 13.3 Å². The van der Waals surface area contributed by atoms with Gasteiger partial charge in [-0.05, 0) is 41.0 Å². The number of carbonyl (C=O) groups is 2. The number of hydrogen-bond acceptors (Lipinski definition) is 4. The zero-order valence-corrected chi connectivity index (χ0v) is 13.7. The molecule has 0 aromatic heterocycles. The lowest BCUT2D eigenvalue weighted by Gasteiger charge is -2.31. The summed E-state index contributed by atoms with van der Waals surface area (Å²) in [6, 6.07) is -0.0908. The summed E-state index contributed by atoms with van der Waals surface area (Å²) in [5.41, 5.74) is 0. The van der Waals surface area contributed by atoms with Crippen LogP contribution in [-0.4, -0.2) is 48.1 Å². The van der Waals surface area contributed by atoms with E-state index >= 15 is 0 Å². The van der Waals surface area contributed by atoms with E-state index in [1.807, 2.05) is 32.6 Å². The Morgan fingerprint density at radius 1 is 1.15 bits per heavy atom. The third-order valence-corrected chi connectivity index (χ3v) is 3.27. The molecule has 0 aliphatic carbocycles. The van der Waals surface area contributed by atoms with Crippen LogP contribution in [0.2, 0.25) is 0 Å². The van der Waals surface area contributed by atoms with Crippen molar-refractivity contribution in [3.8, 4) is 0 Å². The Morgan fingerprint density at radius 2 is 1.75 bits per heavy atom. The Kier molecular flexibility index (Phi) is 9.21. The summed E-state index contributed by atoms with van der Waals surface area (Å²) in [4.78, 5) is 25.7. The molecular weight excluding hydrogens is 256 g/mol. The Labute approximate surface area is 123 Å². The van der Waals surface area contributed by atoms with Gasteiger partial charge in [-0.3, -0.25) is 14.5 Å². The molecule has 0 spiro atoms. The first-order valence-corrected chi connectivity index (χ1v) is 7.55. The lowest BCUT2D eigenvalue weighted by molar-refractivity contribution is -0.146. The van der Waals surface area contributed by atoms with Crippen molar-refractivity contribution in [1.29, 1.82) is 0 Å². The van der Waals surface area contributed by atoms with E-state index in [4.69, 9.17) is 4.74 Å². The lowest BCUT2D eigenvalue weighted by Crippen LogP contribution is -2.51. The highest BCUT2D eigenvalue weighted by atomic mass is 16.5. The molecule has 0 aliphatic heterocycles. The second-order valence-corrected chi connectivity index (χ2v) is 5.45. The van der Waals surface area contributed by atoms with Crippen LogP contribution in [0.25, 0.3) is 0 Å². The third-order valence-electron chi connectivity index (χ3n) is 3.27. The van der Waals surface area contributed by atoms with E-state index in [1.54, 1.807) is 6.92 Å². The molecule has 0 heterocycles. The summed E-state index contributed by atoms with van der Waals surface area (Å²) in [5, 5.41) is 2.99. The molecule has 0 fully saturated rings. The highest BCUT2D eigenvalue weighted by Gasteiger charge is 2.26. The SMILES string of the molecule is CCCC(C)NC(=O)C(C)N(CC(=O)OCC)C(C)C. The monoisotopic (exact) mass is 286 g/mol. The van der Waals surface area contributed by atoms with E-state index in [9.17, 15) is 9.59 Å². The minimum atomic E-state index is -0.348. The maximum atomic E-state index is 12.2. The van der Waals surface area contributed by atoms with Crippen molar-refractivity contribution in [2.75, 3.05) is 13.2 Å². The minimum absolute atomic E-state index is 0.0380. The fourth-order valence-electron chi connectivity index (χ4n) is 2.14. The maximum Gasteiger partial charge on any atom is 0.320 e. The molecule has 0 bridgehead atoms. The van der Waals surface area contributed by atoms with Crippen LogP contribution in [0.4, 0.5) is 0 Å². The van der Waals surface area contributed by atoms with Crippen molar-refractivity contribution in [2.24, 2.45) is 0 Å². The topological polar surface area (TPSA) is 58.6 Å². The van der Waals surface area contributed by atoms with Gasteiger partial charge in [0.25, 0.3) is 0 Å². The van der Waals surface area contributed by atoms with Crippen molar-refractivity contribution >= 4 is 11.9 Å². The smallest absolute Gasteiger partial charge is 0.320 e. The van der Waals surface area contributed by atoms with Gasteiger partial charge >= 0.3 is 5.97 Å². The van der Waals surface area contributed by atoms with Gasteiger partial charge in [-0.15, -0.1) is 0 Å². The van der Waals surface area contributed by atoms with Gasteiger partial charge in [0.15, 0.2) is 0 Å². The Balaban J connectivity index is 4.58. The number of carbonyl (C=O) groups excluding carboxylic acids is 2. The second kappa shape index (κ2) is 9.75. The van der Waals surface area contributed by atoms with E-state index in [0.29, 0.717) is 6.61 Å². The molecule has 0 saturated carbocycles. The van der Waals surface area contributed by atoms with Crippen LogP contribution in [0.3, 0.4) is 0 Å². The standard InChI is InChI=1S/C15H30N2O3/c1-7-9-12(5)16-15(19)13(6)17(11(3)4)10-14(18)20-8-2/h11-13H,7-10H2,1-6H3,(H,16,19). The van der Waals surface area contributed by atoms with E-state index in [0.717, 1.165) is 12.8 Å². The van der Waals surface area contributed by atoms with Gasteiger partial charge in [0, 0.05) is 12.1 Å². The number of esters is 1. The fraction of sp³-hybridized carbons (Fsp3) is 0.867. The van der Waals surface area contributed by atoms with Crippen molar-refractivity contribution in [2.45, 2.75) is 72.5 Å². The van der Waals surface area contributed by atoms with Gasteiger partial charge < -0.3 is 10.1 Å². The van der Waals surface area contributed by atoms with Gasteiger partial charge in [0.05, 0.1) is 19.2 Å². The second-order valence-electron chi connectivity index (χ2n) is 5.45. The number of amides is 1. The quantitative estimate of drug-likeness (QED) is 0.658. The first kappa shape index (κ1) is 18.9. The molecule has 1 amide bonds. The average molecular weight is 286 g/mol. The molecule has 0 aromatic rings. The molecule has 0 saturated heterocycles. The Morgan fingerprint density at radius 3 is 2.20 bits per heavy atom. The van der Waals surface area contributed by atoms with Gasteiger partial charge in [0.1, 0.15) is 0 Å². The largest absolute Gasteiger partial charge is 0.465 e. The molecule has 5 nitrogen and oxygen atoms in total. The molecular formula is C15H30N2O3. The van der Waals surface area contributed by atoms with Gasteiger partial charge in [0.2, 0.25) is 5.91 Å². The number of rotatable bonds is 9. The molecule has 2 atom stereocenters. The van der Waals surface area contributed by atoms with Crippen LogP contribution < -0.4 is 5.32 Å². The van der Waals surface area contributed by atoms with Crippen LogP contribution in [0.1, 0.15) is 54.4 Å². The van der Waals surface area contributed by atoms with E-state index in [-0.39, 0.29) is 36.5 Å². The van der Waals surface area contributed by atoms with Crippen molar-refractivity contribution in [1.82, 2.24) is 10.2 Å². The van der Waals surface area contributed by atoms with Crippen molar-refractivity contribution in [3.05, 3.63) is 0 Å². The molecule has 0 aromatic carbocycles. The van der Waals surface area contributed by atoms with Crippen LogP contribution in [0.15, 0.2) is 0 Å². The van der Waals surface area contributed by atoms with E-state index in [2.05, 4.69) is 12.2 Å². The molecule has 0 radical (unpaired) electrons. The van der Waals surface area contributed by atoms with Gasteiger partial charge in [-0.25, -0.2) is 0 Å². The first-order valence-electron chi connectivity index (χ1n) is 7.55. The maximum absolute atomic E-state index is 12.2. The average Bonchev–Trinajstić information content (AvgIpc) is 2.35. The molecule has 5 heteroatoms. The molecule has 0 rings (SSSR count). The van der Waals surface area contributed by atoms with Crippen LogP contribution in [0.5, 0.6) is 0 Å². The predicted molar refractivity (Wildman–Crippen MR) is 80.4 cm³/mol. The third kappa shape index (κ3) is 6.89. The molecule has 2 unspecified atom stereocenters. The summed E-state index contributed by atoms with van der Waals surface area (Å²) >= 11 is 0. The van der Waals surface area contributed by atoms with Crippen molar-refractivity contribution in [3.63, 3.8) is 0 Å². The first-order chi connectivity index (χ1) is 9.33. The minimum Gasteiger partial charge on any atom is -0.465 e. The number of nitrogens with one attached hydrogen (secondary N) is 1. The van der Waals surface area contributed by atoms with Gasteiger partial charge in [-0.2, -0.15) is 0 Å². The van der Waals surface area contributed by atoms with Crippen LogP contribution >= 0.6 is 0 Å². The zero-order valence-electron chi connectivity index (χ0n) is 13.7. The highest BCUT2D eigenvalue weighted by Crippen LogP contribution is 2.07. The molecule has 1 N–H and O–H groups in total. The Bertz CT molecular complexity index is 305. The number of ether oxygens (including phenoxy) is 1. The van der Waals surface area contributed by atoms with Crippen LogP contribution in [0, 0.1) is 0 Å². The normalized spacial score (nSPS) is 14.2. The summed E-state index contributed by atoms with van der Waals surface area (Å²) in [6.07, 6.45) is 1.99. The summed E-state index contributed by atoms with van der Waals surface area (Å²) in [6.45, 7) is 12.1. The van der Waals surface area contributed by atoms with E-state index in [1.165, 1.54) is 0 Å². The van der Waals surface area contributed by atoms with Crippen LogP contribution in [-0.2, 0) is 14.3 Å². The zero-order chi connectivity index (χ0) is 15.7. The lowest BCUT2D eigenvalue weighted by atomic mass is 10.1. The molecule has 0 aliphatic rings. The molecule has 20 heavy (non-hydrogen) atoms. The summed E-state index contributed by atoms with van der Waals surface area (Å²) in [5.74, 6) is -0.327.